The van der Waals surface area contributed by atoms with Crippen LogP contribution < -0.4 is 0 Å². The minimum Gasteiger partial charge on any atom is -0.478 e. The Balaban J connectivity index is 1.92. The summed E-state index contributed by atoms with van der Waals surface area (Å²) >= 11 is 0. The van der Waals surface area contributed by atoms with Crippen molar-refractivity contribution >= 4 is 23.5 Å². The maximum Gasteiger partial charge on any atom is 0.343 e. The summed E-state index contributed by atoms with van der Waals surface area (Å²) in [6.07, 6.45) is 11.5. The number of carbonyl (C=O) groups is 4. The first-order chi connectivity index (χ1) is 14.3. The van der Waals surface area contributed by atoms with Crippen LogP contribution in [0.1, 0.15) is 52.4 Å². The van der Waals surface area contributed by atoms with Crippen LogP contribution >= 0.6 is 0 Å². The quantitative estimate of drug-likeness (QED) is 0.267. The molecule has 2 aliphatic heterocycles. The van der Waals surface area contributed by atoms with E-state index in [9.17, 15) is 19.2 Å². The minimum atomic E-state index is -1.56. The summed E-state index contributed by atoms with van der Waals surface area (Å²) in [6, 6.07) is 0. The summed E-state index contributed by atoms with van der Waals surface area (Å²) in [4.78, 5) is 49.0. The predicted molar refractivity (Wildman–Crippen MR) is 107 cm³/mol. The lowest BCUT2D eigenvalue weighted by atomic mass is 9.77. The highest BCUT2D eigenvalue weighted by molar-refractivity contribution is 6.24. The maximum absolute atomic E-state index is 13.0. The van der Waals surface area contributed by atoms with Gasteiger partial charge in [-0.25, -0.2) is 9.59 Å². The van der Waals surface area contributed by atoms with E-state index in [4.69, 9.17) is 14.6 Å². The average Bonchev–Trinajstić information content (AvgIpc) is 2.96. The molecule has 0 spiro atoms. The average molecular weight is 412 g/mol. The van der Waals surface area contributed by atoms with Gasteiger partial charge in [0.2, 0.25) is 5.78 Å². The molecule has 1 unspecified atom stereocenters. The number of rotatable bonds is 9. The van der Waals surface area contributed by atoms with Crippen LogP contribution in [0.15, 0.2) is 58.6 Å². The number of ketones is 2. The third-order valence-corrected chi connectivity index (χ3v) is 5.36. The van der Waals surface area contributed by atoms with Crippen molar-refractivity contribution in [2.24, 2.45) is 0 Å². The molecule has 1 aliphatic carbocycles. The molecule has 7 nitrogen and oxygen atoms in total. The maximum atomic E-state index is 13.0. The molecular weight excluding hydrogens is 388 g/mol. The molecule has 3 aliphatic rings. The Morgan fingerprint density at radius 2 is 1.87 bits per heavy atom. The first-order valence-corrected chi connectivity index (χ1v) is 10.1. The van der Waals surface area contributed by atoms with Crippen LogP contribution in [-0.4, -0.2) is 34.2 Å². The van der Waals surface area contributed by atoms with Gasteiger partial charge in [-0.3, -0.25) is 9.59 Å². The van der Waals surface area contributed by atoms with Crippen molar-refractivity contribution in [3.63, 3.8) is 0 Å². The Kier molecular flexibility index (Phi) is 6.20. The van der Waals surface area contributed by atoms with Gasteiger partial charge in [-0.15, -0.1) is 0 Å². The molecule has 1 atom stereocenters. The highest BCUT2D eigenvalue weighted by Crippen LogP contribution is 2.44. The van der Waals surface area contributed by atoms with Gasteiger partial charge in [0, 0.05) is 18.1 Å². The smallest absolute Gasteiger partial charge is 0.343 e. The first-order valence-electron chi connectivity index (χ1n) is 10.1. The highest BCUT2D eigenvalue weighted by atomic mass is 16.6. The number of ether oxygens (including phenoxy) is 2. The Morgan fingerprint density at radius 1 is 1.13 bits per heavy atom. The lowest BCUT2D eigenvalue weighted by Gasteiger charge is -2.30. The van der Waals surface area contributed by atoms with Gasteiger partial charge < -0.3 is 14.6 Å². The van der Waals surface area contributed by atoms with Crippen molar-refractivity contribution < 1.29 is 33.8 Å². The molecule has 0 radical (unpaired) electrons. The van der Waals surface area contributed by atoms with Gasteiger partial charge >= 0.3 is 11.9 Å². The van der Waals surface area contributed by atoms with Gasteiger partial charge in [0.25, 0.3) is 0 Å². The number of fused-ring (bicyclic) bond motifs is 2. The molecule has 0 saturated carbocycles. The van der Waals surface area contributed by atoms with Gasteiger partial charge in [-0.05, 0) is 37.1 Å². The van der Waals surface area contributed by atoms with E-state index in [0.717, 1.165) is 31.8 Å². The van der Waals surface area contributed by atoms with E-state index in [1.54, 1.807) is 6.08 Å². The molecule has 0 saturated heterocycles. The van der Waals surface area contributed by atoms with Gasteiger partial charge in [0.15, 0.2) is 11.4 Å². The minimum absolute atomic E-state index is 0.0737. The SMILES string of the molecule is CCCCCCCC(=O)C1=C2C=C3C=C(/C=C/C(=O)O)OC=C3C(=O)C2(C)OC1=O. The zero-order valence-electron chi connectivity index (χ0n) is 17.0. The van der Waals surface area contributed by atoms with Crippen LogP contribution in [0.3, 0.4) is 0 Å². The van der Waals surface area contributed by atoms with Crippen LogP contribution in [0.4, 0.5) is 0 Å². The van der Waals surface area contributed by atoms with E-state index < -0.39 is 23.3 Å². The number of carboxylic acid groups (broad SMARTS) is 1. The number of carbonyl (C=O) groups excluding carboxylic acids is 3. The summed E-state index contributed by atoms with van der Waals surface area (Å²) in [5.74, 6) is -2.51. The van der Waals surface area contributed by atoms with Crippen molar-refractivity contribution in [1.82, 2.24) is 0 Å². The fourth-order valence-electron chi connectivity index (χ4n) is 3.71. The first kappa shape index (κ1) is 21.5. The molecular formula is C23H24O7. The summed E-state index contributed by atoms with van der Waals surface area (Å²) < 4.78 is 10.7. The zero-order valence-corrected chi connectivity index (χ0v) is 17.0. The zero-order chi connectivity index (χ0) is 21.9. The Bertz CT molecular complexity index is 958. The standard InChI is InChI=1S/C23H24O7/c1-3-4-5-6-7-8-18(24)20-17-12-14-11-15(9-10-19(25)26)29-13-16(14)21(27)23(17,2)30-22(20)28/h9-13H,3-8H2,1-2H3,(H,25,26)/b10-9+. The fourth-order valence-corrected chi connectivity index (χ4v) is 3.71. The van der Waals surface area contributed by atoms with E-state index in [1.165, 1.54) is 25.3 Å². The molecule has 0 aromatic rings. The van der Waals surface area contributed by atoms with Crippen molar-refractivity contribution in [3.05, 3.63) is 58.6 Å². The largest absolute Gasteiger partial charge is 0.478 e. The number of Topliss-reactive ketones (excluding diaryl/α,β-unsaturated/α-hetero) is 2. The van der Waals surface area contributed by atoms with Crippen molar-refractivity contribution in [3.8, 4) is 0 Å². The molecule has 0 bridgehead atoms. The molecule has 1 N–H and O–H groups in total. The Hall–Kier alpha value is -3.22. The Labute approximate surface area is 174 Å². The predicted octanol–water partition coefficient (Wildman–Crippen LogP) is 3.48. The van der Waals surface area contributed by atoms with Crippen LogP contribution in [0.5, 0.6) is 0 Å². The summed E-state index contributed by atoms with van der Waals surface area (Å²) in [5, 5.41) is 8.77. The topological polar surface area (TPSA) is 107 Å². The lowest BCUT2D eigenvalue weighted by Crippen LogP contribution is -2.41. The molecule has 0 aromatic carbocycles. The number of carboxylic acids is 1. The fraction of sp³-hybridized carbons (Fsp3) is 0.391. The van der Waals surface area contributed by atoms with Gasteiger partial charge in [-0.1, -0.05) is 32.6 Å². The van der Waals surface area contributed by atoms with Crippen molar-refractivity contribution in [2.75, 3.05) is 0 Å². The lowest BCUT2D eigenvalue weighted by molar-refractivity contribution is -0.153. The van der Waals surface area contributed by atoms with Crippen LogP contribution in [0.2, 0.25) is 0 Å². The molecule has 0 amide bonds. The molecule has 30 heavy (non-hydrogen) atoms. The van der Waals surface area contributed by atoms with E-state index in [-0.39, 0.29) is 34.7 Å². The van der Waals surface area contributed by atoms with E-state index in [2.05, 4.69) is 6.92 Å². The third kappa shape index (κ3) is 4.06. The number of aliphatic carboxylic acids is 1. The number of hydrogen-bond acceptors (Lipinski definition) is 6. The number of allylic oxidation sites excluding steroid dienone is 3. The monoisotopic (exact) mass is 412 g/mol. The van der Waals surface area contributed by atoms with E-state index in [0.29, 0.717) is 12.0 Å². The summed E-state index contributed by atoms with van der Waals surface area (Å²) in [5.41, 5.74) is -0.742. The van der Waals surface area contributed by atoms with Crippen LogP contribution in [0.25, 0.3) is 0 Å². The summed E-state index contributed by atoms with van der Waals surface area (Å²) in [7, 11) is 0. The van der Waals surface area contributed by atoms with Gasteiger partial charge in [0.05, 0.1) is 5.57 Å². The van der Waals surface area contributed by atoms with Crippen LogP contribution in [0, 0.1) is 0 Å². The van der Waals surface area contributed by atoms with Crippen LogP contribution in [-0.2, 0) is 28.7 Å². The van der Waals surface area contributed by atoms with Crippen molar-refractivity contribution in [2.45, 2.75) is 58.0 Å². The van der Waals surface area contributed by atoms with Gasteiger partial charge in [-0.2, -0.15) is 0 Å². The molecule has 0 fully saturated rings. The second-order valence-corrected chi connectivity index (χ2v) is 7.60. The molecule has 0 aromatic heterocycles. The van der Waals surface area contributed by atoms with E-state index in [1.807, 2.05) is 0 Å². The second-order valence-electron chi connectivity index (χ2n) is 7.60. The third-order valence-electron chi connectivity index (χ3n) is 5.36. The summed E-state index contributed by atoms with van der Waals surface area (Å²) in [6.45, 7) is 3.58. The number of esters is 1. The second kappa shape index (κ2) is 8.65. The molecule has 158 valence electrons. The van der Waals surface area contributed by atoms with Gasteiger partial charge in [0.1, 0.15) is 17.6 Å². The highest BCUT2D eigenvalue weighted by Gasteiger charge is 2.54. The Morgan fingerprint density at radius 3 is 2.57 bits per heavy atom. The molecule has 2 heterocycles. The molecule has 7 heteroatoms. The van der Waals surface area contributed by atoms with E-state index >= 15 is 0 Å². The number of hydrogen-bond donors (Lipinski definition) is 1. The normalized spacial score (nSPS) is 22.7. The number of unbranched alkanes of at least 4 members (excludes halogenated alkanes) is 4. The molecule has 3 rings (SSSR count). The van der Waals surface area contributed by atoms with Crippen molar-refractivity contribution in [1.29, 1.82) is 0 Å².